The summed E-state index contributed by atoms with van der Waals surface area (Å²) in [6.07, 6.45) is 3.68. The second-order valence-electron chi connectivity index (χ2n) is 5.91. The molecular formula is C13H26N2O3S. The highest BCUT2D eigenvalue weighted by molar-refractivity contribution is 7.91. The van der Waals surface area contributed by atoms with Gasteiger partial charge in [-0.15, -0.1) is 0 Å². The van der Waals surface area contributed by atoms with E-state index in [4.69, 9.17) is 5.73 Å². The third-order valence-corrected chi connectivity index (χ3v) is 5.79. The molecule has 0 aromatic rings. The van der Waals surface area contributed by atoms with Gasteiger partial charge < -0.3 is 11.1 Å². The maximum absolute atomic E-state index is 12.2. The van der Waals surface area contributed by atoms with E-state index in [2.05, 4.69) is 5.32 Å². The topological polar surface area (TPSA) is 89.3 Å². The van der Waals surface area contributed by atoms with Crippen LogP contribution in [0.1, 0.15) is 46.5 Å². The zero-order valence-corrected chi connectivity index (χ0v) is 12.9. The van der Waals surface area contributed by atoms with Crippen LogP contribution in [0.2, 0.25) is 0 Å². The van der Waals surface area contributed by atoms with Crippen molar-refractivity contribution in [3.8, 4) is 0 Å². The summed E-state index contributed by atoms with van der Waals surface area (Å²) in [7, 11) is -3.07. The number of nitrogens with one attached hydrogen (secondary N) is 1. The normalized spacial score (nSPS) is 29.8. The minimum atomic E-state index is -3.07. The van der Waals surface area contributed by atoms with Gasteiger partial charge in [0.05, 0.1) is 11.7 Å². The largest absolute Gasteiger partial charge is 0.352 e. The van der Waals surface area contributed by atoms with Crippen LogP contribution in [0.25, 0.3) is 0 Å². The average Bonchev–Trinajstić information content (AvgIpc) is 2.27. The lowest BCUT2D eigenvalue weighted by molar-refractivity contribution is -0.128. The van der Waals surface area contributed by atoms with Gasteiger partial charge in [-0.25, -0.2) is 8.42 Å². The molecule has 0 radical (unpaired) electrons. The molecule has 1 fully saturated rings. The molecule has 19 heavy (non-hydrogen) atoms. The summed E-state index contributed by atoms with van der Waals surface area (Å²) in [6.45, 7) is 5.24. The van der Waals surface area contributed by atoms with Crippen LogP contribution in [0, 0.1) is 5.92 Å². The van der Waals surface area contributed by atoms with E-state index >= 15 is 0 Å². The van der Waals surface area contributed by atoms with E-state index in [9.17, 15) is 13.2 Å². The SMILES string of the molecule is CCS(=O)(=O)CC(C)NC(=O)C1CCCCC1(C)N. The molecule has 3 atom stereocenters. The third-order valence-electron chi connectivity index (χ3n) is 3.90. The molecule has 1 saturated carbocycles. The van der Waals surface area contributed by atoms with Gasteiger partial charge in [0.2, 0.25) is 5.91 Å². The zero-order chi connectivity index (χ0) is 14.7. The first kappa shape index (κ1) is 16.4. The van der Waals surface area contributed by atoms with Crippen LogP contribution in [0.15, 0.2) is 0 Å². The van der Waals surface area contributed by atoms with E-state index in [1.165, 1.54) is 0 Å². The lowest BCUT2D eigenvalue weighted by Gasteiger charge is -2.37. The van der Waals surface area contributed by atoms with E-state index < -0.39 is 15.4 Å². The third kappa shape index (κ3) is 4.76. The van der Waals surface area contributed by atoms with Crippen molar-refractivity contribution in [3.05, 3.63) is 0 Å². The standard InChI is InChI=1S/C13H26N2O3S/c1-4-19(17,18)9-10(2)15-12(16)11-7-5-6-8-13(11,3)14/h10-11H,4-9,14H2,1-3H3,(H,15,16). The Labute approximate surface area is 116 Å². The molecule has 0 heterocycles. The van der Waals surface area contributed by atoms with Crippen LogP contribution in [0.3, 0.4) is 0 Å². The predicted octanol–water partition coefficient (Wildman–Crippen LogP) is 0.833. The Hall–Kier alpha value is -0.620. The first-order valence-electron chi connectivity index (χ1n) is 6.97. The van der Waals surface area contributed by atoms with Crippen molar-refractivity contribution in [2.45, 2.75) is 58.0 Å². The van der Waals surface area contributed by atoms with Crippen molar-refractivity contribution in [2.75, 3.05) is 11.5 Å². The molecule has 0 aromatic heterocycles. The first-order chi connectivity index (χ1) is 8.68. The van der Waals surface area contributed by atoms with Gasteiger partial charge >= 0.3 is 0 Å². The molecule has 0 bridgehead atoms. The maximum atomic E-state index is 12.2. The first-order valence-corrected chi connectivity index (χ1v) is 8.80. The number of hydrogen-bond acceptors (Lipinski definition) is 4. The molecule has 1 aliphatic rings. The van der Waals surface area contributed by atoms with Crippen molar-refractivity contribution in [2.24, 2.45) is 11.7 Å². The molecule has 5 nitrogen and oxygen atoms in total. The minimum Gasteiger partial charge on any atom is -0.352 e. The van der Waals surface area contributed by atoms with Gasteiger partial charge in [0.25, 0.3) is 0 Å². The fraction of sp³-hybridized carbons (Fsp3) is 0.923. The molecule has 1 rings (SSSR count). The second kappa shape index (κ2) is 6.22. The molecule has 0 spiro atoms. The van der Waals surface area contributed by atoms with E-state index in [1.807, 2.05) is 6.92 Å². The molecule has 1 amide bonds. The Kier molecular flexibility index (Phi) is 5.38. The zero-order valence-electron chi connectivity index (χ0n) is 12.1. The van der Waals surface area contributed by atoms with Gasteiger partial charge in [0, 0.05) is 17.3 Å². The second-order valence-corrected chi connectivity index (χ2v) is 8.31. The minimum absolute atomic E-state index is 0.0107. The number of sulfone groups is 1. The lowest BCUT2D eigenvalue weighted by Crippen LogP contribution is -2.54. The molecule has 0 aliphatic heterocycles. The van der Waals surface area contributed by atoms with Crippen LogP contribution in [0.4, 0.5) is 0 Å². The summed E-state index contributed by atoms with van der Waals surface area (Å²) in [5.41, 5.74) is 5.69. The molecule has 1 aliphatic carbocycles. The van der Waals surface area contributed by atoms with Gasteiger partial charge in [-0.2, -0.15) is 0 Å². The Balaban J connectivity index is 2.59. The van der Waals surface area contributed by atoms with Gasteiger partial charge in [-0.1, -0.05) is 19.8 Å². The quantitative estimate of drug-likeness (QED) is 0.785. The molecule has 6 heteroatoms. The van der Waals surface area contributed by atoms with Crippen LogP contribution >= 0.6 is 0 Å². The van der Waals surface area contributed by atoms with E-state index in [0.29, 0.717) is 0 Å². The average molecular weight is 290 g/mol. The van der Waals surface area contributed by atoms with Gasteiger partial charge in [0.1, 0.15) is 0 Å². The highest BCUT2D eigenvalue weighted by atomic mass is 32.2. The lowest BCUT2D eigenvalue weighted by atomic mass is 9.74. The smallest absolute Gasteiger partial charge is 0.225 e. The highest BCUT2D eigenvalue weighted by Gasteiger charge is 2.38. The Morgan fingerprint density at radius 3 is 2.63 bits per heavy atom. The summed E-state index contributed by atoms with van der Waals surface area (Å²) < 4.78 is 23.0. The fourth-order valence-corrected chi connectivity index (χ4v) is 3.75. The predicted molar refractivity (Wildman–Crippen MR) is 76.5 cm³/mol. The summed E-state index contributed by atoms with van der Waals surface area (Å²) in [5.74, 6) is -0.231. The number of carbonyl (C=O) groups is 1. The van der Waals surface area contributed by atoms with Crippen molar-refractivity contribution in [1.82, 2.24) is 5.32 Å². The number of nitrogens with two attached hydrogens (primary N) is 1. The van der Waals surface area contributed by atoms with Crippen LogP contribution in [-0.4, -0.2) is 37.4 Å². The summed E-state index contributed by atoms with van der Waals surface area (Å²) in [6, 6.07) is -0.366. The van der Waals surface area contributed by atoms with Crippen molar-refractivity contribution < 1.29 is 13.2 Å². The number of carbonyl (C=O) groups excluding carboxylic acids is 1. The van der Waals surface area contributed by atoms with Crippen molar-refractivity contribution >= 4 is 15.7 Å². The van der Waals surface area contributed by atoms with Crippen molar-refractivity contribution in [1.29, 1.82) is 0 Å². The Bertz CT molecular complexity index is 418. The van der Waals surface area contributed by atoms with Gasteiger partial charge in [0.15, 0.2) is 9.84 Å². The number of rotatable bonds is 5. The summed E-state index contributed by atoms with van der Waals surface area (Å²) in [5, 5.41) is 2.80. The molecule has 0 saturated heterocycles. The van der Waals surface area contributed by atoms with E-state index in [1.54, 1.807) is 13.8 Å². The van der Waals surface area contributed by atoms with Gasteiger partial charge in [-0.3, -0.25) is 4.79 Å². The Morgan fingerprint density at radius 2 is 2.11 bits per heavy atom. The fourth-order valence-electron chi connectivity index (χ4n) is 2.67. The molecular weight excluding hydrogens is 264 g/mol. The van der Waals surface area contributed by atoms with Crippen LogP contribution in [0.5, 0.6) is 0 Å². The Morgan fingerprint density at radius 1 is 1.47 bits per heavy atom. The molecule has 112 valence electrons. The molecule has 0 aromatic carbocycles. The van der Waals surface area contributed by atoms with Crippen LogP contribution < -0.4 is 11.1 Å². The summed E-state index contributed by atoms with van der Waals surface area (Å²) >= 11 is 0. The van der Waals surface area contributed by atoms with Crippen LogP contribution in [-0.2, 0) is 14.6 Å². The maximum Gasteiger partial charge on any atom is 0.225 e. The number of hydrogen-bond donors (Lipinski definition) is 2. The molecule has 3 unspecified atom stereocenters. The van der Waals surface area contributed by atoms with E-state index in [0.717, 1.165) is 25.7 Å². The highest BCUT2D eigenvalue weighted by Crippen LogP contribution is 2.31. The van der Waals surface area contributed by atoms with Gasteiger partial charge in [-0.05, 0) is 26.7 Å². The monoisotopic (exact) mass is 290 g/mol. The van der Waals surface area contributed by atoms with Crippen molar-refractivity contribution in [3.63, 3.8) is 0 Å². The van der Waals surface area contributed by atoms with E-state index in [-0.39, 0.29) is 29.4 Å². The number of amides is 1. The molecule has 3 N–H and O–H groups in total. The summed E-state index contributed by atoms with van der Waals surface area (Å²) in [4.78, 5) is 12.2.